The maximum absolute atomic E-state index is 6.46. The molecule has 2 aromatic rings. The largest absolute Gasteiger partial charge is 0.487 e. The van der Waals surface area contributed by atoms with Gasteiger partial charge >= 0.3 is 0 Å². The predicted octanol–water partition coefficient (Wildman–Crippen LogP) is 5.22. The molecule has 2 aliphatic rings. The van der Waals surface area contributed by atoms with Crippen LogP contribution in [0.4, 0.5) is 5.69 Å². The number of hydrogen-bond acceptors (Lipinski definition) is 3. The van der Waals surface area contributed by atoms with Crippen LogP contribution in [0.1, 0.15) is 17.9 Å². The van der Waals surface area contributed by atoms with Gasteiger partial charge in [-0.1, -0.05) is 34.8 Å². The lowest BCUT2D eigenvalue weighted by Gasteiger charge is -2.24. The highest BCUT2D eigenvalue weighted by molar-refractivity contribution is 6.41. The molecular formula is C19H19Cl3N2O. The van der Waals surface area contributed by atoms with Crippen LogP contribution in [0.5, 0.6) is 5.75 Å². The van der Waals surface area contributed by atoms with Gasteiger partial charge in [0, 0.05) is 42.7 Å². The molecule has 0 unspecified atom stereocenters. The first-order valence-electron chi connectivity index (χ1n) is 8.33. The van der Waals surface area contributed by atoms with Gasteiger partial charge in [-0.2, -0.15) is 0 Å². The Morgan fingerprint density at radius 2 is 1.80 bits per heavy atom. The summed E-state index contributed by atoms with van der Waals surface area (Å²) in [6, 6.07) is 7.72. The second-order valence-corrected chi connectivity index (χ2v) is 8.06. The van der Waals surface area contributed by atoms with Crippen molar-refractivity contribution in [2.45, 2.75) is 18.4 Å². The van der Waals surface area contributed by atoms with Crippen LogP contribution in [0.2, 0.25) is 15.1 Å². The Kier molecular flexibility index (Phi) is 4.53. The Labute approximate surface area is 162 Å². The summed E-state index contributed by atoms with van der Waals surface area (Å²) in [5, 5.41) is 5.12. The van der Waals surface area contributed by atoms with Crippen molar-refractivity contribution < 1.29 is 4.74 Å². The summed E-state index contributed by atoms with van der Waals surface area (Å²) in [7, 11) is 4.04. The van der Waals surface area contributed by atoms with E-state index < -0.39 is 0 Å². The van der Waals surface area contributed by atoms with E-state index in [9.17, 15) is 0 Å². The molecular weight excluding hydrogens is 379 g/mol. The van der Waals surface area contributed by atoms with E-state index in [4.69, 9.17) is 39.5 Å². The lowest BCUT2D eigenvalue weighted by Crippen LogP contribution is -2.37. The van der Waals surface area contributed by atoms with Gasteiger partial charge in [0.05, 0.1) is 15.7 Å². The van der Waals surface area contributed by atoms with Gasteiger partial charge in [-0.3, -0.25) is 0 Å². The third-order valence-corrected chi connectivity index (χ3v) is 5.78. The number of nitrogens with one attached hydrogen (secondary N) is 1. The fourth-order valence-corrected chi connectivity index (χ4v) is 4.81. The van der Waals surface area contributed by atoms with Crippen molar-refractivity contribution in [3.8, 4) is 16.9 Å². The molecule has 25 heavy (non-hydrogen) atoms. The second-order valence-electron chi connectivity index (χ2n) is 6.81. The third-order valence-electron chi connectivity index (χ3n) is 4.96. The molecule has 2 aromatic carbocycles. The van der Waals surface area contributed by atoms with Crippen molar-refractivity contribution in [1.29, 1.82) is 0 Å². The number of fused-ring (bicyclic) bond motifs is 3. The van der Waals surface area contributed by atoms with Crippen molar-refractivity contribution in [3.63, 3.8) is 0 Å². The van der Waals surface area contributed by atoms with Crippen LogP contribution >= 0.6 is 34.8 Å². The first kappa shape index (κ1) is 17.3. The minimum atomic E-state index is 0.237. The lowest BCUT2D eigenvalue weighted by atomic mass is 9.88. The van der Waals surface area contributed by atoms with E-state index >= 15 is 0 Å². The maximum atomic E-state index is 6.46. The predicted molar refractivity (Wildman–Crippen MR) is 106 cm³/mol. The van der Waals surface area contributed by atoms with Crippen LogP contribution < -0.4 is 15.0 Å². The topological polar surface area (TPSA) is 24.5 Å². The zero-order valence-corrected chi connectivity index (χ0v) is 16.3. The number of benzene rings is 2. The van der Waals surface area contributed by atoms with Gasteiger partial charge in [0.15, 0.2) is 0 Å². The fourth-order valence-electron chi connectivity index (χ4n) is 3.77. The third kappa shape index (κ3) is 2.97. The summed E-state index contributed by atoms with van der Waals surface area (Å²) in [5.41, 5.74) is 4.07. The zero-order chi connectivity index (χ0) is 17.7. The summed E-state index contributed by atoms with van der Waals surface area (Å²) >= 11 is 19.0. The van der Waals surface area contributed by atoms with Crippen molar-refractivity contribution in [2.24, 2.45) is 0 Å². The first-order valence-corrected chi connectivity index (χ1v) is 9.46. The Hall–Kier alpha value is -1.13. The van der Waals surface area contributed by atoms with Gasteiger partial charge in [-0.15, -0.1) is 0 Å². The molecule has 0 amide bonds. The van der Waals surface area contributed by atoms with Gasteiger partial charge in [-0.05, 0) is 42.8 Å². The quantitative estimate of drug-likeness (QED) is 0.752. The molecule has 0 aliphatic carbocycles. The van der Waals surface area contributed by atoms with Crippen LogP contribution in [-0.4, -0.2) is 33.3 Å². The van der Waals surface area contributed by atoms with Gasteiger partial charge in [0.1, 0.15) is 11.9 Å². The number of halogens is 3. The molecule has 2 heterocycles. The number of hydrogen-bond donors (Lipinski definition) is 1. The van der Waals surface area contributed by atoms with Gasteiger partial charge in [0.25, 0.3) is 0 Å². The van der Waals surface area contributed by atoms with E-state index in [1.165, 1.54) is 5.56 Å². The van der Waals surface area contributed by atoms with Gasteiger partial charge in [-0.25, -0.2) is 0 Å². The minimum Gasteiger partial charge on any atom is -0.487 e. The standard InChI is InChI=1S/C19H19Cl3N2O/c1-24(2)16-6-10(18-14(21)7-11(20)8-15(18)22)5-12-13-9-23-4-3-17(13)25-19(12)16/h5-8,13,17,23H,3-4,9H2,1-2H3/t13-,17-/m0/s1. The maximum Gasteiger partial charge on any atom is 0.146 e. The fraction of sp³-hybridized carbons (Fsp3) is 0.368. The summed E-state index contributed by atoms with van der Waals surface area (Å²) in [6.07, 6.45) is 1.26. The van der Waals surface area contributed by atoms with Gasteiger partial charge in [0.2, 0.25) is 0 Å². The zero-order valence-electron chi connectivity index (χ0n) is 14.1. The molecule has 2 aliphatic heterocycles. The average molecular weight is 398 g/mol. The van der Waals surface area contributed by atoms with Gasteiger partial charge < -0.3 is 15.0 Å². The molecule has 132 valence electrons. The summed E-state index contributed by atoms with van der Waals surface area (Å²) in [6.45, 7) is 1.92. The molecule has 4 rings (SSSR count). The molecule has 3 nitrogen and oxygen atoms in total. The highest BCUT2D eigenvalue weighted by atomic mass is 35.5. The van der Waals surface area contributed by atoms with E-state index in [1.54, 1.807) is 12.1 Å². The van der Waals surface area contributed by atoms with E-state index in [0.29, 0.717) is 21.0 Å². The number of piperidine rings is 1. The Morgan fingerprint density at radius 1 is 1.08 bits per heavy atom. The number of ether oxygens (including phenoxy) is 1. The first-order chi connectivity index (χ1) is 12.0. The molecule has 0 bridgehead atoms. The highest BCUT2D eigenvalue weighted by Crippen LogP contribution is 2.49. The number of anilines is 1. The molecule has 0 spiro atoms. The highest BCUT2D eigenvalue weighted by Gasteiger charge is 2.38. The van der Waals surface area contributed by atoms with Crippen molar-refractivity contribution in [2.75, 3.05) is 32.1 Å². The smallest absolute Gasteiger partial charge is 0.146 e. The second kappa shape index (κ2) is 6.55. The number of rotatable bonds is 2. The van der Waals surface area contributed by atoms with E-state index in [2.05, 4.69) is 22.3 Å². The molecule has 0 aromatic heterocycles. The normalized spacial score (nSPS) is 21.5. The molecule has 1 fully saturated rings. The Balaban J connectivity index is 1.91. The number of nitrogens with zero attached hydrogens (tertiary/aromatic N) is 1. The lowest BCUT2D eigenvalue weighted by molar-refractivity contribution is 0.173. The summed E-state index contributed by atoms with van der Waals surface area (Å²) < 4.78 is 6.31. The Morgan fingerprint density at radius 3 is 2.48 bits per heavy atom. The van der Waals surface area contributed by atoms with Crippen LogP contribution in [-0.2, 0) is 0 Å². The summed E-state index contributed by atoms with van der Waals surface area (Å²) in [5.74, 6) is 1.33. The molecule has 0 saturated carbocycles. The SMILES string of the molecule is CN(C)c1cc(-c2c(Cl)cc(Cl)cc2Cl)cc2c1O[C@H]1CCNC[C@@H]21. The van der Waals surface area contributed by atoms with E-state index in [0.717, 1.165) is 42.1 Å². The van der Waals surface area contributed by atoms with Crippen molar-refractivity contribution >= 4 is 40.5 Å². The van der Waals surface area contributed by atoms with E-state index in [-0.39, 0.29) is 6.10 Å². The average Bonchev–Trinajstić information content (AvgIpc) is 2.91. The van der Waals surface area contributed by atoms with Crippen molar-refractivity contribution in [1.82, 2.24) is 5.32 Å². The van der Waals surface area contributed by atoms with Crippen LogP contribution in [0.25, 0.3) is 11.1 Å². The molecule has 2 atom stereocenters. The van der Waals surface area contributed by atoms with Crippen LogP contribution in [0.3, 0.4) is 0 Å². The monoisotopic (exact) mass is 396 g/mol. The Bertz CT molecular complexity index is 815. The molecule has 6 heteroatoms. The minimum absolute atomic E-state index is 0.237. The van der Waals surface area contributed by atoms with Crippen LogP contribution in [0, 0.1) is 0 Å². The summed E-state index contributed by atoms with van der Waals surface area (Å²) in [4.78, 5) is 2.07. The van der Waals surface area contributed by atoms with E-state index in [1.807, 2.05) is 14.1 Å². The van der Waals surface area contributed by atoms with Crippen LogP contribution in [0.15, 0.2) is 24.3 Å². The molecule has 1 saturated heterocycles. The molecule has 0 radical (unpaired) electrons. The molecule has 1 N–H and O–H groups in total. The van der Waals surface area contributed by atoms with Crippen molar-refractivity contribution in [3.05, 3.63) is 44.9 Å².